The minimum absolute atomic E-state index is 0.622. The van der Waals surface area contributed by atoms with Gasteiger partial charge in [-0.25, -0.2) is 0 Å². The maximum atomic E-state index is 9.33. The molecule has 0 bridgehead atoms. The zero-order chi connectivity index (χ0) is 12.7. The van der Waals surface area contributed by atoms with Crippen LogP contribution in [0, 0.1) is 0 Å². The van der Waals surface area contributed by atoms with E-state index < -0.39 is 7.60 Å². The summed E-state index contributed by atoms with van der Waals surface area (Å²) in [6.07, 6.45) is 0. The molecule has 0 heterocycles. The highest BCUT2D eigenvalue weighted by Crippen LogP contribution is 2.26. The van der Waals surface area contributed by atoms with Crippen molar-refractivity contribution in [2.45, 2.75) is 0 Å². The SMILES string of the molecule is COCCN.COCCN.CP(=O)(O)O. The van der Waals surface area contributed by atoms with E-state index in [0.717, 1.165) is 6.66 Å². The van der Waals surface area contributed by atoms with Crippen LogP contribution in [0.25, 0.3) is 0 Å². The van der Waals surface area contributed by atoms with Crippen molar-refractivity contribution in [3.05, 3.63) is 0 Å². The predicted molar refractivity (Wildman–Crippen MR) is 59.8 cm³/mol. The number of hydrogen-bond acceptors (Lipinski definition) is 5. The van der Waals surface area contributed by atoms with Crippen LogP contribution in [0.5, 0.6) is 0 Å². The molecule has 15 heavy (non-hydrogen) atoms. The van der Waals surface area contributed by atoms with Crippen molar-refractivity contribution in [3.8, 4) is 0 Å². The van der Waals surface area contributed by atoms with E-state index in [1.807, 2.05) is 0 Å². The van der Waals surface area contributed by atoms with Gasteiger partial charge in [-0.15, -0.1) is 0 Å². The first-order valence-electron chi connectivity index (χ1n) is 4.24. The van der Waals surface area contributed by atoms with Gasteiger partial charge in [0.15, 0.2) is 0 Å². The standard InChI is InChI=1S/2C3H9NO.CH5O3P/c2*1-5-3-2-4;1-5(2,3)4/h2*2-4H2,1H3;1H3,(H2,2,3,4). The van der Waals surface area contributed by atoms with Crippen molar-refractivity contribution in [3.63, 3.8) is 0 Å². The van der Waals surface area contributed by atoms with Gasteiger partial charge in [-0.3, -0.25) is 4.57 Å². The number of methoxy groups -OCH3 is 2. The van der Waals surface area contributed by atoms with Crippen LogP contribution in [0.1, 0.15) is 0 Å². The Labute approximate surface area is 90.9 Å². The van der Waals surface area contributed by atoms with Gasteiger partial charge in [0.1, 0.15) is 0 Å². The molecule has 0 fully saturated rings. The normalized spacial score (nSPS) is 9.53. The zero-order valence-corrected chi connectivity index (χ0v) is 10.4. The first kappa shape index (κ1) is 20.4. The fourth-order valence-corrected chi connectivity index (χ4v) is 0.236. The van der Waals surface area contributed by atoms with Crippen molar-refractivity contribution >= 4 is 7.60 Å². The fraction of sp³-hybridized carbons (Fsp3) is 1.00. The summed E-state index contributed by atoms with van der Waals surface area (Å²) in [5.41, 5.74) is 10.0. The van der Waals surface area contributed by atoms with Crippen molar-refractivity contribution < 1.29 is 23.8 Å². The van der Waals surface area contributed by atoms with Crippen LogP contribution in [0.15, 0.2) is 0 Å². The lowest BCUT2D eigenvalue weighted by Crippen LogP contribution is -2.05. The largest absolute Gasteiger partial charge is 0.383 e. The van der Waals surface area contributed by atoms with E-state index in [9.17, 15) is 4.57 Å². The van der Waals surface area contributed by atoms with Gasteiger partial charge in [-0.05, 0) is 0 Å². The van der Waals surface area contributed by atoms with E-state index in [4.69, 9.17) is 21.3 Å². The van der Waals surface area contributed by atoms with E-state index in [1.165, 1.54) is 0 Å². The van der Waals surface area contributed by atoms with E-state index in [0.29, 0.717) is 26.3 Å². The molecule has 0 unspecified atom stereocenters. The number of hydrogen-bond donors (Lipinski definition) is 4. The van der Waals surface area contributed by atoms with E-state index in [2.05, 4.69) is 9.47 Å². The molecule has 0 aromatic carbocycles. The zero-order valence-electron chi connectivity index (χ0n) is 9.55. The van der Waals surface area contributed by atoms with Crippen LogP contribution in [0.3, 0.4) is 0 Å². The second-order valence-corrected chi connectivity index (χ2v) is 4.07. The Bertz CT molecular complexity index is 123. The Kier molecular flexibility index (Phi) is 22.3. The van der Waals surface area contributed by atoms with Gasteiger partial charge in [0.25, 0.3) is 0 Å². The Morgan fingerprint density at radius 3 is 1.27 bits per heavy atom. The monoisotopic (exact) mass is 246 g/mol. The number of nitrogens with two attached hydrogens (primary N) is 2. The van der Waals surface area contributed by atoms with Gasteiger partial charge < -0.3 is 30.7 Å². The summed E-state index contributed by atoms with van der Waals surface area (Å²) in [5, 5.41) is 0. The highest BCUT2D eigenvalue weighted by atomic mass is 31.2. The minimum atomic E-state index is -3.64. The third-order valence-corrected chi connectivity index (χ3v) is 0.644. The number of rotatable bonds is 4. The highest BCUT2D eigenvalue weighted by Gasteiger charge is 1.95. The molecule has 0 aromatic rings. The summed E-state index contributed by atoms with van der Waals surface area (Å²) < 4.78 is 18.5. The summed E-state index contributed by atoms with van der Waals surface area (Å²) >= 11 is 0. The van der Waals surface area contributed by atoms with E-state index in [1.54, 1.807) is 14.2 Å². The molecule has 0 aliphatic rings. The maximum absolute atomic E-state index is 9.33. The lowest BCUT2D eigenvalue weighted by Gasteiger charge is -1.85. The molecule has 0 atom stereocenters. The highest BCUT2D eigenvalue weighted by molar-refractivity contribution is 7.50. The third kappa shape index (κ3) is 126. The van der Waals surface area contributed by atoms with Crippen LogP contribution in [-0.2, 0) is 14.0 Å². The number of ether oxygens (including phenoxy) is 2. The Morgan fingerprint density at radius 1 is 1.07 bits per heavy atom. The summed E-state index contributed by atoms with van der Waals surface area (Å²) in [7, 11) is -0.375. The van der Waals surface area contributed by atoms with Crippen LogP contribution >= 0.6 is 7.60 Å². The van der Waals surface area contributed by atoms with E-state index >= 15 is 0 Å². The second kappa shape index (κ2) is 16.4. The van der Waals surface area contributed by atoms with Crippen molar-refractivity contribution in [2.24, 2.45) is 11.5 Å². The molecule has 0 aliphatic carbocycles. The molecule has 8 heteroatoms. The Morgan fingerprint density at radius 2 is 1.27 bits per heavy atom. The molecule has 0 aliphatic heterocycles. The Balaban J connectivity index is -0.000000144. The molecule has 0 saturated heterocycles. The molecule has 0 spiro atoms. The first-order chi connectivity index (χ1) is 6.83. The molecular weight excluding hydrogens is 223 g/mol. The quantitative estimate of drug-likeness (QED) is 0.467. The van der Waals surface area contributed by atoms with Gasteiger partial charge in [-0.2, -0.15) is 0 Å². The molecule has 0 aromatic heterocycles. The van der Waals surface area contributed by atoms with E-state index in [-0.39, 0.29) is 0 Å². The van der Waals surface area contributed by atoms with Crippen molar-refractivity contribution in [2.75, 3.05) is 47.2 Å². The predicted octanol–water partition coefficient (Wildman–Crippen LogP) is -1.02. The summed E-state index contributed by atoms with van der Waals surface area (Å²) in [5.74, 6) is 0. The average Bonchev–Trinajstić information content (AvgIpc) is 2.05. The van der Waals surface area contributed by atoms with Crippen molar-refractivity contribution in [1.82, 2.24) is 0 Å². The fourth-order valence-electron chi connectivity index (χ4n) is 0.236. The summed E-state index contributed by atoms with van der Waals surface area (Å²) in [4.78, 5) is 15.3. The van der Waals surface area contributed by atoms with Crippen LogP contribution in [-0.4, -0.2) is 57.0 Å². The molecule has 0 amide bonds. The summed E-state index contributed by atoms with van der Waals surface area (Å²) in [6, 6.07) is 0. The topological polar surface area (TPSA) is 128 Å². The second-order valence-electron chi connectivity index (χ2n) is 2.40. The maximum Gasteiger partial charge on any atom is 0.322 e. The molecule has 7 nitrogen and oxygen atoms in total. The molecule has 6 N–H and O–H groups in total. The molecular formula is C7H23N2O5P. The van der Waals surface area contributed by atoms with Gasteiger partial charge >= 0.3 is 7.60 Å². The molecule has 0 rings (SSSR count). The van der Waals surface area contributed by atoms with Gasteiger partial charge in [0.05, 0.1) is 13.2 Å². The molecule has 96 valence electrons. The van der Waals surface area contributed by atoms with Crippen LogP contribution in [0.2, 0.25) is 0 Å². The average molecular weight is 246 g/mol. The van der Waals surface area contributed by atoms with Gasteiger partial charge in [0.2, 0.25) is 0 Å². The lowest BCUT2D eigenvalue weighted by atomic mass is 10.7. The smallest absolute Gasteiger partial charge is 0.322 e. The van der Waals surface area contributed by atoms with Gasteiger partial charge in [-0.1, -0.05) is 0 Å². The van der Waals surface area contributed by atoms with Gasteiger partial charge in [0, 0.05) is 34.0 Å². The summed E-state index contributed by atoms with van der Waals surface area (Å²) in [6.45, 7) is 3.43. The first-order valence-corrected chi connectivity index (χ1v) is 6.30. The van der Waals surface area contributed by atoms with Crippen LogP contribution < -0.4 is 11.5 Å². The third-order valence-electron chi connectivity index (χ3n) is 0.644. The lowest BCUT2D eigenvalue weighted by molar-refractivity contribution is 0.207. The minimum Gasteiger partial charge on any atom is -0.383 e. The van der Waals surface area contributed by atoms with Crippen LogP contribution in [0.4, 0.5) is 0 Å². The molecule has 0 saturated carbocycles. The van der Waals surface area contributed by atoms with Crippen molar-refractivity contribution in [1.29, 1.82) is 0 Å². The Hall–Kier alpha value is -0.0100. The molecule has 0 radical (unpaired) electrons.